The lowest BCUT2D eigenvalue weighted by Gasteiger charge is -2.10. The maximum absolute atomic E-state index is 12.7. The highest BCUT2D eigenvalue weighted by Crippen LogP contribution is 2.32. The fourth-order valence-corrected chi connectivity index (χ4v) is 4.77. The first-order chi connectivity index (χ1) is 13.4. The summed E-state index contributed by atoms with van der Waals surface area (Å²) in [6, 6.07) is 9.24. The van der Waals surface area contributed by atoms with Crippen LogP contribution in [-0.2, 0) is 11.3 Å². The monoisotopic (exact) mass is 410 g/mol. The zero-order valence-electron chi connectivity index (χ0n) is 15.6. The zero-order chi connectivity index (χ0) is 19.8. The average molecular weight is 411 g/mol. The summed E-state index contributed by atoms with van der Waals surface area (Å²) in [5.74, 6) is 0.199. The number of thiazole rings is 1. The van der Waals surface area contributed by atoms with Crippen molar-refractivity contribution < 1.29 is 4.79 Å². The van der Waals surface area contributed by atoms with Crippen LogP contribution in [0.15, 0.2) is 40.5 Å². The van der Waals surface area contributed by atoms with Gasteiger partial charge in [-0.3, -0.25) is 14.2 Å². The molecule has 1 aromatic carbocycles. The number of fused-ring (bicyclic) bond motifs is 1. The first kappa shape index (κ1) is 18.5. The van der Waals surface area contributed by atoms with E-state index in [2.05, 4.69) is 35.2 Å². The molecule has 142 valence electrons. The van der Waals surface area contributed by atoms with E-state index in [4.69, 9.17) is 0 Å². The first-order valence-electron chi connectivity index (χ1n) is 8.71. The SMILES string of the molecule is Cc1cc(-c2csc(NC(=O)Cn3c(C)nc4ccccc4c3=O)n2)c(C)s1. The Balaban J connectivity index is 1.55. The van der Waals surface area contributed by atoms with E-state index in [1.165, 1.54) is 25.7 Å². The van der Waals surface area contributed by atoms with Crippen LogP contribution < -0.4 is 10.9 Å². The molecule has 0 radical (unpaired) electrons. The number of para-hydroxylation sites is 1. The van der Waals surface area contributed by atoms with Gasteiger partial charge in [-0.1, -0.05) is 12.1 Å². The molecule has 28 heavy (non-hydrogen) atoms. The van der Waals surface area contributed by atoms with Gasteiger partial charge in [0, 0.05) is 20.7 Å². The molecule has 0 aliphatic rings. The number of aromatic nitrogens is 3. The number of anilines is 1. The molecule has 0 saturated heterocycles. The Morgan fingerprint density at radius 1 is 1.18 bits per heavy atom. The Morgan fingerprint density at radius 3 is 2.71 bits per heavy atom. The van der Waals surface area contributed by atoms with E-state index in [1.54, 1.807) is 36.5 Å². The van der Waals surface area contributed by atoms with Crippen molar-refractivity contribution in [3.05, 3.63) is 61.6 Å². The molecule has 0 saturated carbocycles. The third-order valence-corrected chi connectivity index (χ3v) is 6.15. The summed E-state index contributed by atoms with van der Waals surface area (Å²) in [7, 11) is 0. The molecule has 0 unspecified atom stereocenters. The molecular weight excluding hydrogens is 392 g/mol. The van der Waals surface area contributed by atoms with E-state index in [-0.39, 0.29) is 18.0 Å². The second-order valence-corrected chi connectivity index (χ2v) is 8.80. The second kappa shape index (κ2) is 7.29. The lowest BCUT2D eigenvalue weighted by atomic mass is 10.2. The molecule has 8 heteroatoms. The molecule has 3 aromatic heterocycles. The molecule has 0 fully saturated rings. The minimum atomic E-state index is -0.304. The predicted molar refractivity (Wildman–Crippen MR) is 114 cm³/mol. The number of thiophene rings is 1. The quantitative estimate of drug-likeness (QED) is 0.548. The molecule has 1 N–H and O–H groups in total. The van der Waals surface area contributed by atoms with Gasteiger partial charge < -0.3 is 5.32 Å². The fourth-order valence-electron chi connectivity index (χ4n) is 3.11. The summed E-state index contributed by atoms with van der Waals surface area (Å²) >= 11 is 3.10. The summed E-state index contributed by atoms with van der Waals surface area (Å²) in [4.78, 5) is 36.6. The number of hydrogen-bond acceptors (Lipinski definition) is 6. The number of carbonyl (C=O) groups excluding carboxylic acids is 1. The molecular formula is C20H18N4O2S2. The maximum Gasteiger partial charge on any atom is 0.261 e. The van der Waals surface area contributed by atoms with E-state index in [0.717, 1.165) is 11.3 Å². The van der Waals surface area contributed by atoms with Gasteiger partial charge in [-0.25, -0.2) is 9.97 Å². The summed E-state index contributed by atoms with van der Waals surface area (Å²) in [5, 5.41) is 5.74. The highest BCUT2D eigenvalue weighted by Gasteiger charge is 2.14. The van der Waals surface area contributed by atoms with Crippen LogP contribution in [-0.4, -0.2) is 20.4 Å². The van der Waals surface area contributed by atoms with Crippen molar-refractivity contribution >= 4 is 44.6 Å². The van der Waals surface area contributed by atoms with Crippen LogP contribution in [0.3, 0.4) is 0 Å². The molecule has 0 aliphatic carbocycles. The number of amides is 1. The maximum atomic E-state index is 12.7. The van der Waals surface area contributed by atoms with E-state index in [1.807, 2.05) is 11.4 Å². The number of rotatable bonds is 4. The number of nitrogens with one attached hydrogen (secondary N) is 1. The standard InChI is InChI=1S/C20H18N4O2S2/c1-11-8-15(12(2)28-11)17-10-27-20(22-17)23-18(25)9-24-13(3)21-16-7-5-4-6-14(16)19(24)26/h4-8,10H,9H2,1-3H3,(H,22,23,25). The van der Waals surface area contributed by atoms with Crippen LogP contribution in [0.5, 0.6) is 0 Å². The van der Waals surface area contributed by atoms with Crippen LogP contribution in [0.25, 0.3) is 22.2 Å². The summed E-state index contributed by atoms with van der Waals surface area (Å²) in [6.45, 7) is 5.75. The van der Waals surface area contributed by atoms with Crippen LogP contribution in [0.4, 0.5) is 5.13 Å². The van der Waals surface area contributed by atoms with Crippen molar-refractivity contribution in [2.24, 2.45) is 0 Å². The molecule has 0 aliphatic heterocycles. The summed E-state index contributed by atoms with van der Waals surface area (Å²) in [6.07, 6.45) is 0. The summed E-state index contributed by atoms with van der Waals surface area (Å²) in [5.41, 5.74) is 2.35. The largest absolute Gasteiger partial charge is 0.300 e. The molecule has 0 spiro atoms. The van der Waals surface area contributed by atoms with Gasteiger partial charge in [0.15, 0.2) is 5.13 Å². The van der Waals surface area contributed by atoms with E-state index >= 15 is 0 Å². The third-order valence-electron chi connectivity index (χ3n) is 4.42. The van der Waals surface area contributed by atoms with Crippen LogP contribution >= 0.6 is 22.7 Å². The Hall–Kier alpha value is -2.84. The van der Waals surface area contributed by atoms with Gasteiger partial charge in [0.1, 0.15) is 12.4 Å². The van der Waals surface area contributed by atoms with E-state index in [0.29, 0.717) is 21.9 Å². The van der Waals surface area contributed by atoms with Crippen molar-refractivity contribution in [1.29, 1.82) is 0 Å². The molecule has 0 atom stereocenters. The lowest BCUT2D eigenvalue weighted by Crippen LogP contribution is -2.30. The predicted octanol–water partition coefficient (Wildman–Crippen LogP) is 4.15. The zero-order valence-corrected chi connectivity index (χ0v) is 17.3. The fraction of sp³-hybridized carbons (Fsp3) is 0.200. The second-order valence-electron chi connectivity index (χ2n) is 6.48. The summed E-state index contributed by atoms with van der Waals surface area (Å²) < 4.78 is 1.39. The third kappa shape index (κ3) is 3.48. The topological polar surface area (TPSA) is 76.9 Å². The van der Waals surface area contributed by atoms with Gasteiger partial charge in [0.25, 0.3) is 5.56 Å². The molecule has 1 amide bonds. The highest BCUT2D eigenvalue weighted by molar-refractivity contribution is 7.14. The molecule has 0 bridgehead atoms. The van der Waals surface area contributed by atoms with Crippen molar-refractivity contribution in [2.75, 3.05) is 5.32 Å². The first-order valence-corrected chi connectivity index (χ1v) is 10.4. The Morgan fingerprint density at radius 2 is 1.96 bits per heavy atom. The Bertz CT molecular complexity index is 1250. The number of carbonyl (C=O) groups is 1. The molecule has 4 aromatic rings. The number of aryl methyl sites for hydroxylation is 3. The van der Waals surface area contributed by atoms with Gasteiger partial charge in [0.05, 0.1) is 16.6 Å². The van der Waals surface area contributed by atoms with Crippen molar-refractivity contribution in [1.82, 2.24) is 14.5 Å². The normalized spacial score (nSPS) is 11.1. The Labute approximate surface area is 169 Å². The van der Waals surface area contributed by atoms with E-state index in [9.17, 15) is 9.59 Å². The average Bonchev–Trinajstić information content (AvgIpc) is 3.24. The van der Waals surface area contributed by atoms with Crippen LogP contribution in [0, 0.1) is 20.8 Å². The minimum absolute atomic E-state index is 0.103. The van der Waals surface area contributed by atoms with Gasteiger partial charge in [0.2, 0.25) is 5.91 Å². The van der Waals surface area contributed by atoms with Gasteiger partial charge in [-0.05, 0) is 39.0 Å². The van der Waals surface area contributed by atoms with Gasteiger partial charge in [-0.2, -0.15) is 0 Å². The number of hydrogen-bond donors (Lipinski definition) is 1. The van der Waals surface area contributed by atoms with Crippen molar-refractivity contribution in [2.45, 2.75) is 27.3 Å². The lowest BCUT2D eigenvalue weighted by molar-refractivity contribution is -0.116. The highest BCUT2D eigenvalue weighted by atomic mass is 32.1. The van der Waals surface area contributed by atoms with Crippen molar-refractivity contribution in [3.8, 4) is 11.3 Å². The molecule has 6 nitrogen and oxygen atoms in total. The van der Waals surface area contributed by atoms with Gasteiger partial charge >= 0.3 is 0 Å². The van der Waals surface area contributed by atoms with Crippen LogP contribution in [0.2, 0.25) is 0 Å². The minimum Gasteiger partial charge on any atom is -0.300 e. The smallest absolute Gasteiger partial charge is 0.261 e. The number of nitrogens with zero attached hydrogens (tertiary/aromatic N) is 3. The molecule has 4 rings (SSSR count). The van der Waals surface area contributed by atoms with Crippen LogP contribution in [0.1, 0.15) is 15.6 Å². The van der Waals surface area contributed by atoms with Crippen molar-refractivity contribution in [3.63, 3.8) is 0 Å². The Kier molecular flexibility index (Phi) is 4.82. The van der Waals surface area contributed by atoms with E-state index < -0.39 is 0 Å². The number of benzene rings is 1. The molecule has 3 heterocycles. The van der Waals surface area contributed by atoms with Gasteiger partial charge in [-0.15, -0.1) is 22.7 Å².